The lowest BCUT2D eigenvalue weighted by atomic mass is 10.2. The number of rotatable bonds is 4. The Morgan fingerprint density at radius 1 is 1.40 bits per heavy atom. The lowest BCUT2D eigenvalue weighted by molar-refractivity contribution is 0.687. The fourth-order valence-electron chi connectivity index (χ4n) is 1.55. The highest BCUT2D eigenvalue weighted by molar-refractivity contribution is 9.10. The number of nitrogens with zero attached hydrogens (tertiary/aromatic N) is 5. The van der Waals surface area contributed by atoms with E-state index in [0.717, 1.165) is 10.0 Å². The first-order valence-electron chi connectivity index (χ1n) is 5.62. The molecule has 1 N–H and O–H groups in total. The maximum absolute atomic E-state index is 8.60. The number of benzene rings is 1. The second kappa shape index (κ2) is 6.50. The molecular formula is C13H9BrN6. The van der Waals surface area contributed by atoms with Crippen molar-refractivity contribution in [3.63, 3.8) is 0 Å². The molecule has 0 aliphatic heterocycles. The quantitative estimate of drug-likeness (QED) is 0.689. The first kappa shape index (κ1) is 13.8. The highest BCUT2D eigenvalue weighted by Crippen LogP contribution is 2.13. The lowest BCUT2D eigenvalue weighted by Gasteiger charge is -2.05. The standard InChI is InChI=1S/C13H9BrN6/c14-11-7-17-20(9-11)8-10-2-1-3-12(4-10)18-19-13(5-15)6-16/h1-4,7,9,18H,8H2. The molecule has 98 valence electrons. The van der Waals surface area contributed by atoms with Crippen LogP contribution in [-0.2, 0) is 6.54 Å². The van der Waals surface area contributed by atoms with Gasteiger partial charge in [0.05, 0.1) is 22.9 Å². The minimum absolute atomic E-state index is 0.216. The molecule has 2 rings (SSSR count). The Hall–Kier alpha value is -2.64. The van der Waals surface area contributed by atoms with Crippen LogP contribution in [-0.4, -0.2) is 15.5 Å². The number of nitriles is 2. The van der Waals surface area contributed by atoms with Gasteiger partial charge in [-0.2, -0.15) is 20.7 Å². The summed E-state index contributed by atoms with van der Waals surface area (Å²) in [5, 5.41) is 25.1. The number of anilines is 1. The third kappa shape index (κ3) is 3.67. The van der Waals surface area contributed by atoms with E-state index in [0.29, 0.717) is 12.2 Å². The van der Waals surface area contributed by atoms with Crippen molar-refractivity contribution in [1.29, 1.82) is 10.5 Å². The van der Waals surface area contributed by atoms with Crippen molar-refractivity contribution in [3.05, 3.63) is 46.7 Å². The van der Waals surface area contributed by atoms with Crippen molar-refractivity contribution in [2.75, 3.05) is 5.43 Å². The molecule has 0 spiro atoms. The average molecular weight is 329 g/mol. The Morgan fingerprint density at radius 3 is 2.85 bits per heavy atom. The number of hydrazone groups is 1. The van der Waals surface area contributed by atoms with E-state index >= 15 is 0 Å². The van der Waals surface area contributed by atoms with Gasteiger partial charge in [-0.05, 0) is 33.6 Å². The SMILES string of the molecule is N#CC(C#N)=NNc1cccc(Cn2cc(Br)cn2)c1. The van der Waals surface area contributed by atoms with Gasteiger partial charge in [-0.3, -0.25) is 10.1 Å². The van der Waals surface area contributed by atoms with Gasteiger partial charge in [0.2, 0.25) is 5.71 Å². The zero-order valence-electron chi connectivity index (χ0n) is 10.3. The maximum Gasteiger partial charge on any atom is 0.237 e. The van der Waals surface area contributed by atoms with Crippen molar-refractivity contribution < 1.29 is 0 Å². The third-order valence-electron chi connectivity index (χ3n) is 2.38. The smallest absolute Gasteiger partial charge is 0.237 e. The molecule has 0 saturated heterocycles. The topological polar surface area (TPSA) is 89.8 Å². The average Bonchev–Trinajstić information content (AvgIpc) is 2.86. The molecule has 2 aromatic rings. The molecule has 0 aliphatic carbocycles. The minimum atomic E-state index is -0.216. The normalized spacial score (nSPS) is 9.35. The van der Waals surface area contributed by atoms with E-state index in [1.807, 2.05) is 24.4 Å². The Morgan fingerprint density at radius 2 is 2.20 bits per heavy atom. The highest BCUT2D eigenvalue weighted by atomic mass is 79.9. The van der Waals surface area contributed by atoms with Crippen molar-refractivity contribution >= 4 is 27.3 Å². The van der Waals surface area contributed by atoms with Crippen LogP contribution in [0.2, 0.25) is 0 Å². The van der Waals surface area contributed by atoms with Crippen molar-refractivity contribution in [3.8, 4) is 12.1 Å². The number of nitrogens with one attached hydrogen (secondary N) is 1. The molecule has 0 fully saturated rings. The van der Waals surface area contributed by atoms with E-state index in [9.17, 15) is 0 Å². The Kier molecular flexibility index (Phi) is 4.48. The zero-order valence-corrected chi connectivity index (χ0v) is 11.9. The fraction of sp³-hybridized carbons (Fsp3) is 0.0769. The molecular weight excluding hydrogens is 320 g/mol. The first-order chi connectivity index (χ1) is 9.71. The lowest BCUT2D eigenvalue weighted by Crippen LogP contribution is -2.01. The summed E-state index contributed by atoms with van der Waals surface area (Å²) in [6.45, 7) is 0.619. The molecule has 7 heteroatoms. The predicted octanol–water partition coefficient (Wildman–Crippen LogP) is 2.51. The molecule has 0 unspecified atom stereocenters. The van der Waals surface area contributed by atoms with Crippen molar-refractivity contribution in [2.24, 2.45) is 5.10 Å². The van der Waals surface area contributed by atoms with Gasteiger partial charge >= 0.3 is 0 Å². The highest BCUT2D eigenvalue weighted by Gasteiger charge is 2.00. The van der Waals surface area contributed by atoms with Gasteiger partial charge in [0.1, 0.15) is 12.1 Å². The summed E-state index contributed by atoms with van der Waals surface area (Å²) >= 11 is 3.34. The summed E-state index contributed by atoms with van der Waals surface area (Å²) in [7, 11) is 0. The summed E-state index contributed by atoms with van der Waals surface area (Å²) in [6.07, 6.45) is 3.60. The van der Waals surface area contributed by atoms with Gasteiger partial charge in [-0.15, -0.1) is 0 Å². The number of aromatic nitrogens is 2. The summed E-state index contributed by atoms with van der Waals surface area (Å²) in [6, 6.07) is 10.9. The van der Waals surface area contributed by atoms with Gasteiger partial charge < -0.3 is 0 Å². The fourth-order valence-corrected chi connectivity index (χ4v) is 1.87. The van der Waals surface area contributed by atoms with E-state index in [1.54, 1.807) is 29.1 Å². The maximum atomic E-state index is 8.60. The van der Waals surface area contributed by atoms with Crippen LogP contribution in [0.4, 0.5) is 5.69 Å². The van der Waals surface area contributed by atoms with Crippen LogP contribution in [0.3, 0.4) is 0 Å². The second-order valence-corrected chi connectivity index (χ2v) is 4.77. The van der Waals surface area contributed by atoms with Gasteiger partial charge in [-0.1, -0.05) is 12.1 Å². The Bertz CT molecular complexity index is 703. The number of hydrogen-bond acceptors (Lipinski definition) is 5. The predicted molar refractivity (Wildman–Crippen MR) is 77.8 cm³/mol. The van der Waals surface area contributed by atoms with Crippen LogP contribution in [0.5, 0.6) is 0 Å². The molecule has 6 nitrogen and oxygen atoms in total. The summed E-state index contributed by atoms with van der Waals surface area (Å²) in [5.41, 5.74) is 4.20. The molecule has 0 amide bonds. The van der Waals surface area contributed by atoms with Crippen LogP contribution in [0.1, 0.15) is 5.56 Å². The van der Waals surface area contributed by atoms with Gasteiger partial charge in [0.25, 0.3) is 0 Å². The van der Waals surface area contributed by atoms with Gasteiger partial charge in [0.15, 0.2) is 0 Å². The number of halogens is 1. The minimum Gasteiger partial charge on any atom is -0.277 e. The molecule has 0 atom stereocenters. The van der Waals surface area contributed by atoms with Crippen molar-refractivity contribution in [2.45, 2.75) is 6.54 Å². The van der Waals surface area contributed by atoms with Crippen molar-refractivity contribution in [1.82, 2.24) is 9.78 Å². The largest absolute Gasteiger partial charge is 0.277 e. The molecule has 20 heavy (non-hydrogen) atoms. The first-order valence-corrected chi connectivity index (χ1v) is 6.41. The van der Waals surface area contributed by atoms with E-state index < -0.39 is 0 Å². The van der Waals surface area contributed by atoms with Gasteiger partial charge in [-0.25, -0.2) is 0 Å². The van der Waals surface area contributed by atoms with E-state index in [1.165, 1.54) is 0 Å². The number of hydrogen-bond donors (Lipinski definition) is 1. The van der Waals surface area contributed by atoms with Crippen LogP contribution < -0.4 is 5.43 Å². The third-order valence-corrected chi connectivity index (χ3v) is 2.79. The molecule has 0 bridgehead atoms. The van der Waals surface area contributed by atoms with Crippen LogP contribution in [0, 0.1) is 22.7 Å². The monoisotopic (exact) mass is 328 g/mol. The molecule has 1 aromatic heterocycles. The summed E-state index contributed by atoms with van der Waals surface area (Å²) in [5.74, 6) is 0. The van der Waals surface area contributed by atoms with Gasteiger partial charge in [0, 0.05) is 6.20 Å². The molecule has 0 saturated carbocycles. The van der Waals surface area contributed by atoms with Crippen LogP contribution in [0.25, 0.3) is 0 Å². The zero-order chi connectivity index (χ0) is 14.4. The Labute approximate surface area is 124 Å². The molecule has 1 heterocycles. The molecule has 0 radical (unpaired) electrons. The second-order valence-electron chi connectivity index (χ2n) is 3.85. The van der Waals surface area contributed by atoms with E-state index in [2.05, 4.69) is 31.6 Å². The van der Waals surface area contributed by atoms with Crippen LogP contribution >= 0.6 is 15.9 Å². The molecule has 1 aromatic carbocycles. The van der Waals surface area contributed by atoms with Crippen LogP contribution in [0.15, 0.2) is 46.2 Å². The summed E-state index contributed by atoms with van der Waals surface area (Å²) < 4.78 is 2.71. The molecule has 0 aliphatic rings. The Balaban J connectivity index is 2.11. The van der Waals surface area contributed by atoms with E-state index in [4.69, 9.17) is 10.5 Å². The summed E-state index contributed by atoms with van der Waals surface area (Å²) in [4.78, 5) is 0. The van der Waals surface area contributed by atoms with E-state index in [-0.39, 0.29) is 5.71 Å².